The minimum absolute atomic E-state index is 0.0693. The lowest BCUT2D eigenvalue weighted by Gasteiger charge is -2.28. The summed E-state index contributed by atoms with van der Waals surface area (Å²) in [5.41, 5.74) is 0. The van der Waals surface area contributed by atoms with E-state index in [1.807, 2.05) is 0 Å². The van der Waals surface area contributed by atoms with Gasteiger partial charge < -0.3 is 28.7 Å². The summed E-state index contributed by atoms with van der Waals surface area (Å²) in [5, 5.41) is 0. The number of ether oxygens (including phenoxy) is 4. The molecule has 4 aliphatic rings. The lowest BCUT2D eigenvalue weighted by Crippen LogP contribution is -2.44. The van der Waals surface area contributed by atoms with E-state index >= 15 is 0 Å². The summed E-state index contributed by atoms with van der Waals surface area (Å²) >= 11 is 0. The quantitative estimate of drug-likeness (QED) is 0.422. The van der Waals surface area contributed by atoms with Crippen LogP contribution in [0.1, 0.15) is 0 Å². The van der Waals surface area contributed by atoms with E-state index in [2.05, 4.69) is 0 Å². The third kappa shape index (κ3) is 3.11. The Morgan fingerprint density at radius 3 is 1.03 bits per heavy atom. The predicted molar refractivity (Wildman–Crippen MR) is 104 cm³/mol. The van der Waals surface area contributed by atoms with E-state index in [9.17, 15) is 27.2 Å². The number of likely N-dealkylation sites (tertiary alicyclic amines) is 2. The molecular weight excluding hydrogens is 464 g/mol. The largest absolute Gasteiger partial charge is 0.478 e. The molecule has 4 aliphatic heterocycles. The molecule has 0 aromatic heterocycles. The Bertz CT molecular complexity index is 1050. The highest BCUT2D eigenvalue weighted by Gasteiger charge is 2.48. The van der Waals surface area contributed by atoms with Gasteiger partial charge in [0.15, 0.2) is 47.7 Å². The van der Waals surface area contributed by atoms with Crippen molar-refractivity contribution in [3.63, 3.8) is 0 Å². The molecule has 2 amide bonds. The maximum atomic E-state index is 14.0. The van der Waals surface area contributed by atoms with Gasteiger partial charge in [0.1, 0.15) is 0 Å². The molecule has 0 N–H and O–H groups in total. The first-order valence-electron chi connectivity index (χ1n) is 10.5. The van der Waals surface area contributed by atoms with Crippen molar-refractivity contribution in [2.24, 2.45) is 0 Å². The molecule has 0 aliphatic carbocycles. The normalized spacial score (nSPS) is 26.2. The fourth-order valence-corrected chi connectivity index (χ4v) is 4.62. The van der Waals surface area contributed by atoms with Gasteiger partial charge >= 0.3 is 11.8 Å². The van der Waals surface area contributed by atoms with Crippen molar-refractivity contribution < 1.29 is 46.1 Å². The maximum Gasteiger partial charge on any atom is 0.312 e. The molecule has 0 radical (unpaired) electrons. The molecule has 2 aromatic carbocycles. The Balaban J connectivity index is 1.14. The summed E-state index contributed by atoms with van der Waals surface area (Å²) in [5.74, 6) is -6.46. The SMILES string of the molecule is O=C(C(=O)N1C[C@@H]2Oc3c(F)ccc(F)c3O[C@@H]2C1)N1C[C@@H]2Oc3c(F)ccc(F)c3O[C@@H]2C1. The Morgan fingerprint density at radius 1 is 0.559 bits per heavy atom. The van der Waals surface area contributed by atoms with Gasteiger partial charge in [-0.1, -0.05) is 0 Å². The number of benzene rings is 2. The number of amides is 2. The van der Waals surface area contributed by atoms with Crippen LogP contribution >= 0.6 is 0 Å². The molecule has 0 saturated carbocycles. The number of halogens is 4. The summed E-state index contributed by atoms with van der Waals surface area (Å²) in [7, 11) is 0. The first-order chi connectivity index (χ1) is 16.3. The van der Waals surface area contributed by atoms with Crippen LogP contribution in [0.25, 0.3) is 0 Å². The van der Waals surface area contributed by atoms with Crippen molar-refractivity contribution in [1.82, 2.24) is 9.80 Å². The Hall–Kier alpha value is -3.70. The van der Waals surface area contributed by atoms with Crippen molar-refractivity contribution in [3.8, 4) is 23.0 Å². The van der Waals surface area contributed by atoms with Crippen LogP contribution in [0.4, 0.5) is 17.6 Å². The summed E-state index contributed by atoms with van der Waals surface area (Å²) in [4.78, 5) is 28.1. The minimum Gasteiger partial charge on any atom is -0.478 e. The van der Waals surface area contributed by atoms with E-state index in [1.165, 1.54) is 9.80 Å². The molecule has 0 unspecified atom stereocenters. The van der Waals surface area contributed by atoms with E-state index in [0.717, 1.165) is 24.3 Å². The summed E-state index contributed by atoms with van der Waals surface area (Å²) < 4.78 is 78.1. The van der Waals surface area contributed by atoms with E-state index < -0.39 is 59.5 Å². The zero-order valence-corrected chi connectivity index (χ0v) is 17.3. The topological polar surface area (TPSA) is 77.5 Å². The second-order valence-electron chi connectivity index (χ2n) is 8.42. The molecule has 2 aromatic rings. The fraction of sp³-hybridized carbons (Fsp3) is 0.364. The van der Waals surface area contributed by atoms with E-state index in [1.54, 1.807) is 0 Å². The van der Waals surface area contributed by atoms with Crippen molar-refractivity contribution >= 4 is 11.8 Å². The highest BCUT2D eigenvalue weighted by atomic mass is 19.1. The second kappa shape index (κ2) is 7.40. The van der Waals surface area contributed by atoms with Gasteiger partial charge in [0.25, 0.3) is 0 Å². The zero-order valence-electron chi connectivity index (χ0n) is 17.3. The van der Waals surface area contributed by atoms with Gasteiger partial charge in [-0.15, -0.1) is 0 Å². The van der Waals surface area contributed by atoms with Crippen molar-refractivity contribution in [1.29, 1.82) is 0 Å². The van der Waals surface area contributed by atoms with Gasteiger partial charge in [-0.25, -0.2) is 17.6 Å². The summed E-state index contributed by atoms with van der Waals surface area (Å²) in [6, 6.07) is 3.64. The monoisotopic (exact) mass is 480 g/mol. The number of carbonyl (C=O) groups excluding carboxylic acids is 2. The minimum atomic E-state index is -0.875. The highest BCUT2D eigenvalue weighted by Crippen LogP contribution is 2.42. The van der Waals surface area contributed by atoms with Crippen molar-refractivity contribution in [2.75, 3.05) is 26.2 Å². The number of hydrogen-bond acceptors (Lipinski definition) is 6. The van der Waals surface area contributed by atoms with E-state index in [-0.39, 0.29) is 49.2 Å². The Kier molecular flexibility index (Phi) is 4.55. The number of hydrogen-bond donors (Lipinski definition) is 0. The lowest BCUT2D eigenvalue weighted by molar-refractivity contribution is -0.151. The lowest BCUT2D eigenvalue weighted by atomic mass is 10.2. The molecule has 6 rings (SSSR count). The van der Waals surface area contributed by atoms with Crippen LogP contribution in [0.3, 0.4) is 0 Å². The number of carbonyl (C=O) groups is 2. The fourth-order valence-electron chi connectivity index (χ4n) is 4.62. The third-order valence-corrected chi connectivity index (χ3v) is 6.30. The number of nitrogens with zero attached hydrogens (tertiary/aromatic N) is 2. The smallest absolute Gasteiger partial charge is 0.312 e. The number of fused-ring (bicyclic) bond motifs is 4. The zero-order chi connectivity index (χ0) is 23.7. The second-order valence-corrected chi connectivity index (χ2v) is 8.42. The molecule has 34 heavy (non-hydrogen) atoms. The molecule has 0 spiro atoms. The van der Waals surface area contributed by atoms with E-state index in [0.29, 0.717) is 0 Å². The van der Waals surface area contributed by atoms with Gasteiger partial charge in [0, 0.05) is 0 Å². The molecule has 8 nitrogen and oxygen atoms in total. The van der Waals surface area contributed by atoms with Crippen LogP contribution < -0.4 is 18.9 Å². The van der Waals surface area contributed by atoms with Crippen molar-refractivity contribution in [3.05, 3.63) is 47.5 Å². The van der Waals surface area contributed by atoms with Crippen LogP contribution in [0.15, 0.2) is 24.3 Å². The van der Waals surface area contributed by atoms with Crippen LogP contribution in [0.5, 0.6) is 23.0 Å². The molecular formula is C22H16F4N2O6. The van der Waals surface area contributed by atoms with E-state index in [4.69, 9.17) is 18.9 Å². The molecule has 4 atom stereocenters. The van der Waals surface area contributed by atoms with Crippen LogP contribution in [0.2, 0.25) is 0 Å². The molecule has 178 valence electrons. The molecule has 2 saturated heterocycles. The standard InChI is InChI=1S/C22H16F4N2O6/c23-9-1-2-10(24)18-17(9)31-13-5-27(6-14(13)32-18)21(29)22(30)28-7-15-16(8-28)34-20-12(26)4-3-11(25)19(20)33-15/h1-4,13-16H,5-8H2/t13-,14+,15-,16+. The van der Waals surface area contributed by atoms with Crippen molar-refractivity contribution in [2.45, 2.75) is 24.4 Å². The van der Waals surface area contributed by atoms with Gasteiger partial charge in [-0.3, -0.25) is 9.59 Å². The number of rotatable bonds is 0. The summed E-state index contributed by atoms with van der Waals surface area (Å²) in [6.45, 7) is -0.277. The predicted octanol–water partition coefficient (Wildman–Crippen LogP) is 1.64. The average molecular weight is 480 g/mol. The molecule has 0 bridgehead atoms. The Morgan fingerprint density at radius 2 is 0.794 bits per heavy atom. The summed E-state index contributed by atoms with van der Waals surface area (Å²) in [6.07, 6.45) is -3.13. The molecule has 12 heteroatoms. The molecule has 4 heterocycles. The van der Waals surface area contributed by atoms with Crippen LogP contribution in [0, 0.1) is 23.3 Å². The van der Waals surface area contributed by atoms with Gasteiger partial charge in [-0.05, 0) is 24.3 Å². The highest BCUT2D eigenvalue weighted by molar-refractivity contribution is 6.35. The van der Waals surface area contributed by atoms with Gasteiger partial charge in [0.2, 0.25) is 23.0 Å². The average Bonchev–Trinajstić information content (AvgIpc) is 3.44. The maximum absolute atomic E-state index is 14.0. The first kappa shape index (κ1) is 20.9. The molecule has 2 fully saturated rings. The van der Waals surface area contributed by atoms with Gasteiger partial charge in [-0.2, -0.15) is 0 Å². The van der Waals surface area contributed by atoms with Gasteiger partial charge in [0.05, 0.1) is 26.2 Å². The third-order valence-electron chi connectivity index (χ3n) is 6.30. The Labute approximate surface area is 189 Å². The first-order valence-corrected chi connectivity index (χ1v) is 10.5. The van der Waals surface area contributed by atoms with Crippen LogP contribution in [-0.2, 0) is 9.59 Å². The van der Waals surface area contributed by atoms with Crippen LogP contribution in [-0.4, -0.2) is 72.2 Å².